The molecule has 15 heavy (non-hydrogen) atoms. The summed E-state index contributed by atoms with van der Waals surface area (Å²) in [6.07, 6.45) is 8.05. The average Bonchev–Trinajstić information content (AvgIpc) is 2.29. The second-order valence-corrected chi connectivity index (χ2v) is 2.69. The maximum Gasteiger partial charge on any atom is 0.112 e. The molecule has 0 aromatic rings. The van der Waals surface area contributed by atoms with E-state index in [1.807, 2.05) is 13.8 Å². The van der Waals surface area contributed by atoms with E-state index in [-0.39, 0.29) is 6.61 Å². The molecule has 0 atom stereocenters. The van der Waals surface area contributed by atoms with Crippen molar-refractivity contribution in [3.05, 3.63) is 37.1 Å². The number of unbranched alkanes of at least 4 members (excludes halogenated alkanes) is 2. The number of hydrogen-bond acceptors (Lipinski definition) is 2. The molecule has 0 saturated carbocycles. The van der Waals surface area contributed by atoms with Crippen LogP contribution in [-0.4, -0.2) is 18.3 Å². The maximum atomic E-state index is 8.51. The van der Waals surface area contributed by atoms with Gasteiger partial charge in [-0.3, -0.25) is 0 Å². The minimum Gasteiger partial charge on any atom is -0.494 e. The topological polar surface area (TPSA) is 29.5 Å². The minimum absolute atomic E-state index is 0.261. The van der Waals surface area contributed by atoms with Crippen LogP contribution in [0.3, 0.4) is 0 Å². The van der Waals surface area contributed by atoms with Gasteiger partial charge in [-0.1, -0.05) is 39.2 Å². The van der Waals surface area contributed by atoms with Gasteiger partial charge in [-0.15, -0.1) is 0 Å². The van der Waals surface area contributed by atoms with Crippen molar-refractivity contribution in [2.75, 3.05) is 13.2 Å². The first-order chi connectivity index (χ1) is 7.31. The van der Waals surface area contributed by atoms with Crippen LogP contribution in [0.2, 0.25) is 0 Å². The molecule has 0 rings (SSSR count). The summed E-state index contributed by atoms with van der Waals surface area (Å²) < 4.78 is 5.28. The zero-order chi connectivity index (χ0) is 11.9. The maximum absolute atomic E-state index is 8.51. The van der Waals surface area contributed by atoms with E-state index in [0.717, 1.165) is 19.3 Å². The molecule has 0 saturated heterocycles. The van der Waals surface area contributed by atoms with Crippen LogP contribution in [-0.2, 0) is 4.74 Å². The zero-order valence-corrected chi connectivity index (χ0v) is 10.0. The Morgan fingerprint density at radius 1 is 1.27 bits per heavy atom. The molecule has 2 nitrogen and oxygen atoms in total. The molecule has 0 unspecified atom stereocenters. The standard InChI is InChI=1S/C11H18O2.C2H6/c1-3-4-8-11(2)13-10-7-5-6-9-12;1-2/h3-4,8,12H,1-2,5-7,9-10H2;1-2H3/b8-4-;. The van der Waals surface area contributed by atoms with Crippen LogP contribution in [0.4, 0.5) is 0 Å². The lowest BCUT2D eigenvalue weighted by Gasteiger charge is -2.04. The van der Waals surface area contributed by atoms with Gasteiger partial charge in [0.05, 0.1) is 6.61 Å². The lowest BCUT2D eigenvalue weighted by molar-refractivity contribution is 0.212. The van der Waals surface area contributed by atoms with E-state index >= 15 is 0 Å². The van der Waals surface area contributed by atoms with Crippen molar-refractivity contribution < 1.29 is 9.84 Å². The molecule has 0 radical (unpaired) electrons. The summed E-state index contributed by atoms with van der Waals surface area (Å²) in [4.78, 5) is 0. The van der Waals surface area contributed by atoms with Gasteiger partial charge in [0.25, 0.3) is 0 Å². The Labute approximate surface area is 94.0 Å². The van der Waals surface area contributed by atoms with E-state index in [1.54, 1.807) is 18.2 Å². The molecule has 1 N–H and O–H groups in total. The first kappa shape index (κ1) is 16.4. The highest BCUT2D eigenvalue weighted by Gasteiger charge is 1.90. The lowest BCUT2D eigenvalue weighted by atomic mass is 10.2. The fraction of sp³-hybridized carbons (Fsp3) is 0.538. The molecule has 0 aliphatic carbocycles. The molecule has 0 aromatic carbocycles. The van der Waals surface area contributed by atoms with E-state index in [1.165, 1.54) is 0 Å². The lowest BCUT2D eigenvalue weighted by Crippen LogP contribution is -1.93. The summed E-state index contributed by atoms with van der Waals surface area (Å²) >= 11 is 0. The van der Waals surface area contributed by atoms with Crippen molar-refractivity contribution in [2.24, 2.45) is 0 Å². The largest absolute Gasteiger partial charge is 0.494 e. The van der Waals surface area contributed by atoms with Crippen LogP contribution in [0.1, 0.15) is 33.1 Å². The third-order valence-corrected chi connectivity index (χ3v) is 1.51. The number of aliphatic hydroxyl groups excluding tert-OH is 1. The van der Waals surface area contributed by atoms with Crippen LogP contribution in [0.5, 0.6) is 0 Å². The van der Waals surface area contributed by atoms with Gasteiger partial charge in [0, 0.05) is 6.61 Å². The summed E-state index contributed by atoms with van der Waals surface area (Å²) in [5.41, 5.74) is 0. The highest BCUT2D eigenvalue weighted by atomic mass is 16.5. The van der Waals surface area contributed by atoms with Gasteiger partial charge >= 0.3 is 0 Å². The third kappa shape index (κ3) is 15.7. The molecule has 0 heterocycles. The summed E-state index contributed by atoms with van der Waals surface area (Å²) in [5.74, 6) is 0.656. The van der Waals surface area contributed by atoms with E-state index in [4.69, 9.17) is 9.84 Å². The van der Waals surface area contributed by atoms with Gasteiger partial charge in [0.15, 0.2) is 0 Å². The van der Waals surface area contributed by atoms with E-state index in [0.29, 0.717) is 12.4 Å². The molecular weight excluding hydrogens is 188 g/mol. The van der Waals surface area contributed by atoms with Crippen LogP contribution >= 0.6 is 0 Å². The molecule has 0 aliphatic heterocycles. The highest BCUT2D eigenvalue weighted by Crippen LogP contribution is 2.00. The smallest absolute Gasteiger partial charge is 0.112 e. The number of rotatable bonds is 8. The van der Waals surface area contributed by atoms with Gasteiger partial charge in [0.1, 0.15) is 5.76 Å². The van der Waals surface area contributed by atoms with Crippen LogP contribution in [0.15, 0.2) is 37.1 Å². The predicted octanol–water partition coefficient (Wildman–Crippen LogP) is 3.45. The Balaban J connectivity index is 0. The minimum atomic E-state index is 0.261. The molecule has 0 aromatic heterocycles. The van der Waals surface area contributed by atoms with E-state index in [2.05, 4.69) is 13.2 Å². The molecule has 88 valence electrons. The number of ether oxygens (including phenoxy) is 1. The summed E-state index contributed by atoms with van der Waals surface area (Å²) in [6, 6.07) is 0. The highest BCUT2D eigenvalue weighted by molar-refractivity contribution is 5.12. The van der Waals surface area contributed by atoms with Crippen molar-refractivity contribution in [3.63, 3.8) is 0 Å². The van der Waals surface area contributed by atoms with Crippen molar-refractivity contribution in [3.8, 4) is 0 Å². The first-order valence-electron chi connectivity index (χ1n) is 5.53. The fourth-order valence-corrected chi connectivity index (χ4v) is 0.817. The number of allylic oxidation sites excluding steroid dienone is 3. The van der Waals surface area contributed by atoms with Crippen LogP contribution < -0.4 is 0 Å². The van der Waals surface area contributed by atoms with Crippen LogP contribution in [0.25, 0.3) is 0 Å². The number of aliphatic hydroxyl groups is 1. The van der Waals surface area contributed by atoms with Crippen molar-refractivity contribution >= 4 is 0 Å². The quantitative estimate of drug-likeness (QED) is 0.379. The van der Waals surface area contributed by atoms with Gasteiger partial charge in [-0.25, -0.2) is 0 Å². The Morgan fingerprint density at radius 2 is 1.93 bits per heavy atom. The van der Waals surface area contributed by atoms with E-state index in [9.17, 15) is 0 Å². The normalized spacial score (nSPS) is 9.27. The summed E-state index contributed by atoms with van der Waals surface area (Å²) in [5, 5.41) is 8.51. The SMILES string of the molecule is C=C/C=C\C(=C)OCCCCCO.CC. The molecule has 0 bridgehead atoms. The summed E-state index contributed by atoms with van der Waals surface area (Å²) in [6.45, 7) is 12.2. The first-order valence-corrected chi connectivity index (χ1v) is 5.53. The number of hydrogen-bond donors (Lipinski definition) is 1. The predicted molar refractivity (Wildman–Crippen MR) is 66.7 cm³/mol. The van der Waals surface area contributed by atoms with Crippen molar-refractivity contribution in [2.45, 2.75) is 33.1 Å². The zero-order valence-electron chi connectivity index (χ0n) is 10.0. The molecule has 0 amide bonds. The monoisotopic (exact) mass is 212 g/mol. The van der Waals surface area contributed by atoms with Crippen molar-refractivity contribution in [1.82, 2.24) is 0 Å². The van der Waals surface area contributed by atoms with E-state index < -0.39 is 0 Å². The second kappa shape index (κ2) is 15.5. The molecule has 0 spiro atoms. The molecule has 0 aliphatic rings. The molecule has 0 fully saturated rings. The fourth-order valence-electron chi connectivity index (χ4n) is 0.817. The van der Waals surface area contributed by atoms with Gasteiger partial charge < -0.3 is 9.84 Å². The third-order valence-electron chi connectivity index (χ3n) is 1.51. The van der Waals surface area contributed by atoms with Gasteiger partial charge in [0.2, 0.25) is 0 Å². The average molecular weight is 212 g/mol. The Morgan fingerprint density at radius 3 is 2.47 bits per heavy atom. The second-order valence-electron chi connectivity index (χ2n) is 2.69. The molecular formula is C13H24O2. The van der Waals surface area contributed by atoms with Gasteiger partial charge in [-0.2, -0.15) is 0 Å². The Hall–Kier alpha value is -1.02. The van der Waals surface area contributed by atoms with Crippen molar-refractivity contribution in [1.29, 1.82) is 0 Å². The van der Waals surface area contributed by atoms with Gasteiger partial charge in [-0.05, 0) is 25.3 Å². The Kier molecular flexibility index (Phi) is 16.9. The molecule has 2 heteroatoms. The van der Waals surface area contributed by atoms with Crippen LogP contribution in [0, 0.1) is 0 Å². The Bertz CT molecular complexity index is 171. The summed E-state index contributed by atoms with van der Waals surface area (Å²) in [7, 11) is 0.